The molecule has 1 atom stereocenters. The van der Waals surface area contributed by atoms with Crippen molar-refractivity contribution in [3.63, 3.8) is 0 Å². The lowest BCUT2D eigenvalue weighted by atomic mass is 10.1. The lowest BCUT2D eigenvalue weighted by molar-refractivity contribution is 0.113. The molecule has 0 spiro atoms. The molecule has 1 fully saturated rings. The molecular formula is C15H22N2OS. The standard InChI is InChI=1S/C15H22N2OS/c1-12-5-7-13(8-6-12)11-17(2)15(19)16-10-14-4-3-9-18-14/h5-8,14H,3-4,9-11H2,1-2H3,(H,16,19)/t14-/m1/s1. The van der Waals surface area contributed by atoms with Gasteiger partial charge in [-0.05, 0) is 37.5 Å². The van der Waals surface area contributed by atoms with E-state index >= 15 is 0 Å². The minimum Gasteiger partial charge on any atom is -0.376 e. The molecule has 1 aromatic carbocycles. The topological polar surface area (TPSA) is 24.5 Å². The van der Waals surface area contributed by atoms with Gasteiger partial charge in [-0.3, -0.25) is 0 Å². The van der Waals surface area contributed by atoms with Gasteiger partial charge < -0.3 is 15.0 Å². The third kappa shape index (κ3) is 4.48. The molecule has 1 N–H and O–H groups in total. The first kappa shape index (κ1) is 14.3. The molecule has 104 valence electrons. The van der Waals surface area contributed by atoms with E-state index in [9.17, 15) is 0 Å². The zero-order valence-electron chi connectivity index (χ0n) is 11.7. The van der Waals surface area contributed by atoms with Crippen molar-refractivity contribution < 1.29 is 4.74 Å². The van der Waals surface area contributed by atoms with Gasteiger partial charge in [0.25, 0.3) is 0 Å². The summed E-state index contributed by atoms with van der Waals surface area (Å²) < 4.78 is 5.57. The number of nitrogens with one attached hydrogen (secondary N) is 1. The number of hydrogen-bond donors (Lipinski definition) is 1. The maximum absolute atomic E-state index is 5.57. The van der Waals surface area contributed by atoms with Crippen molar-refractivity contribution in [1.29, 1.82) is 0 Å². The summed E-state index contributed by atoms with van der Waals surface area (Å²) in [6.07, 6.45) is 2.63. The molecule has 0 aromatic heterocycles. The lowest BCUT2D eigenvalue weighted by Crippen LogP contribution is -2.40. The Labute approximate surface area is 120 Å². The van der Waals surface area contributed by atoms with Gasteiger partial charge in [0.2, 0.25) is 0 Å². The van der Waals surface area contributed by atoms with E-state index in [2.05, 4.69) is 41.4 Å². The molecule has 0 unspecified atom stereocenters. The van der Waals surface area contributed by atoms with Crippen molar-refractivity contribution in [2.24, 2.45) is 0 Å². The molecule has 2 rings (SSSR count). The van der Waals surface area contributed by atoms with Gasteiger partial charge >= 0.3 is 0 Å². The highest BCUT2D eigenvalue weighted by Crippen LogP contribution is 2.11. The van der Waals surface area contributed by atoms with E-state index in [0.717, 1.165) is 37.7 Å². The quantitative estimate of drug-likeness (QED) is 0.855. The first-order valence-electron chi connectivity index (χ1n) is 6.81. The van der Waals surface area contributed by atoms with Crippen LogP contribution in [0.2, 0.25) is 0 Å². The lowest BCUT2D eigenvalue weighted by Gasteiger charge is -2.22. The van der Waals surface area contributed by atoms with E-state index in [4.69, 9.17) is 17.0 Å². The minimum absolute atomic E-state index is 0.325. The molecule has 1 aliphatic heterocycles. The number of benzene rings is 1. The smallest absolute Gasteiger partial charge is 0.169 e. The molecule has 4 heteroatoms. The summed E-state index contributed by atoms with van der Waals surface area (Å²) in [6, 6.07) is 8.56. The Balaban J connectivity index is 1.76. The summed E-state index contributed by atoms with van der Waals surface area (Å²) >= 11 is 5.40. The van der Waals surface area contributed by atoms with Crippen molar-refractivity contribution in [2.75, 3.05) is 20.2 Å². The summed E-state index contributed by atoms with van der Waals surface area (Å²) in [7, 11) is 2.02. The van der Waals surface area contributed by atoms with Crippen LogP contribution in [0.15, 0.2) is 24.3 Å². The second kappa shape index (κ2) is 6.87. The molecule has 0 radical (unpaired) electrons. The van der Waals surface area contributed by atoms with Crippen LogP contribution >= 0.6 is 12.2 Å². The average molecular weight is 278 g/mol. The van der Waals surface area contributed by atoms with Crippen LogP contribution in [0.25, 0.3) is 0 Å². The number of ether oxygens (including phenoxy) is 1. The van der Waals surface area contributed by atoms with Crippen molar-refractivity contribution in [2.45, 2.75) is 32.4 Å². The van der Waals surface area contributed by atoms with Gasteiger partial charge in [-0.25, -0.2) is 0 Å². The van der Waals surface area contributed by atoms with Gasteiger partial charge in [-0.2, -0.15) is 0 Å². The monoisotopic (exact) mass is 278 g/mol. The van der Waals surface area contributed by atoms with E-state index in [1.54, 1.807) is 0 Å². The molecule has 1 aromatic rings. The van der Waals surface area contributed by atoms with Crippen LogP contribution < -0.4 is 5.32 Å². The summed E-state index contributed by atoms with van der Waals surface area (Å²) in [5.41, 5.74) is 2.56. The van der Waals surface area contributed by atoms with Gasteiger partial charge in [0.05, 0.1) is 6.10 Å². The van der Waals surface area contributed by atoms with Crippen LogP contribution in [-0.2, 0) is 11.3 Å². The van der Waals surface area contributed by atoms with Crippen molar-refractivity contribution in [1.82, 2.24) is 10.2 Å². The molecule has 1 saturated heterocycles. The highest BCUT2D eigenvalue weighted by Gasteiger charge is 2.16. The summed E-state index contributed by atoms with van der Waals surface area (Å²) in [6.45, 7) is 4.63. The average Bonchev–Trinajstić information content (AvgIpc) is 2.91. The SMILES string of the molecule is Cc1ccc(CN(C)C(=S)NC[C@H]2CCCO2)cc1. The number of hydrogen-bond acceptors (Lipinski definition) is 2. The van der Waals surface area contributed by atoms with Crippen LogP contribution in [-0.4, -0.2) is 36.3 Å². The second-order valence-electron chi connectivity index (χ2n) is 5.16. The molecule has 0 saturated carbocycles. The molecule has 0 aliphatic carbocycles. The maximum atomic E-state index is 5.57. The first-order valence-corrected chi connectivity index (χ1v) is 7.22. The van der Waals surface area contributed by atoms with E-state index in [-0.39, 0.29) is 0 Å². The Morgan fingerprint density at radius 3 is 2.79 bits per heavy atom. The third-order valence-electron chi connectivity index (χ3n) is 3.39. The molecule has 1 aliphatic rings. The van der Waals surface area contributed by atoms with E-state index in [0.29, 0.717) is 6.10 Å². The Hall–Kier alpha value is -1.13. The Kier molecular flexibility index (Phi) is 5.16. The minimum atomic E-state index is 0.325. The third-order valence-corrected chi connectivity index (χ3v) is 3.85. The van der Waals surface area contributed by atoms with Gasteiger partial charge in [-0.15, -0.1) is 0 Å². The largest absolute Gasteiger partial charge is 0.376 e. The number of thiocarbonyl (C=S) groups is 1. The van der Waals surface area contributed by atoms with Crippen molar-refractivity contribution in [3.05, 3.63) is 35.4 Å². The zero-order valence-corrected chi connectivity index (χ0v) is 12.5. The predicted molar refractivity (Wildman–Crippen MR) is 82.2 cm³/mol. The fourth-order valence-electron chi connectivity index (χ4n) is 2.18. The normalized spacial score (nSPS) is 18.3. The van der Waals surface area contributed by atoms with E-state index in [1.807, 2.05) is 7.05 Å². The molecular weight excluding hydrogens is 256 g/mol. The van der Waals surface area contributed by atoms with Crippen molar-refractivity contribution in [3.8, 4) is 0 Å². The molecule has 0 amide bonds. The van der Waals surface area contributed by atoms with Crippen LogP contribution in [0.1, 0.15) is 24.0 Å². The highest BCUT2D eigenvalue weighted by molar-refractivity contribution is 7.80. The molecule has 3 nitrogen and oxygen atoms in total. The zero-order chi connectivity index (χ0) is 13.7. The Morgan fingerprint density at radius 2 is 2.16 bits per heavy atom. The van der Waals surface area contributed by atoms with Gasteiger partial charge in [-0.1, -0.05) is 29.8 Å². The van der Waals surface area contributed by atoms with Crippen molar-refractivity contribution >= 4 is 17.3 Å². The summed E-state index contributed by atoms with van der Waals surface area (Å²) in [5, 5.41) is 4.08. The molecule has 19 heavy (non-hydrogen) atoms. The number of rotatable bonds is 4. The fraction of sp³-hybridized carbons (Fsp3) is 0.533. The Bertz CT molecular complexity index is 413. The molecule has 1 heterocycles. The fourth-order valence-corrected chi connectivity index (χ4v) is 2.33. The van der Waals surface area contributed by atoms with Crippen LogP contribution in [0.4, 0.5) is 0 Å². The van der Waals surface area contributed by atoms with E-state index in [1.165, 1.54) is 11.1 Å². The maximum Gasteiger partial charge on any atom is 0.169 e. The number of nitrogens with zero attached hydrogens (tertiary/aromatic N) is 1. The van der Waals surface area contributed by atoms with Crippen LogP contribution in [0, 0.1) is 6.92 Å². The van der Waals surface area contributed by atoms with Crippen LogP contribution in [0.3, 0.4) is 0 Å². The summed E-state index contributed by atoms with van der Waals surface area (Å²) in [4.78, 5) is 2.06. The van der Waals surface area contributed by atoms with E-state index < -0.39 is 0 Å². The van der Waals surface area contributed by atoms with Crippen LogP contribution in [0.5, 0.6) is 0 Å². The van der Waals surface area contributed by atoms with Gasteiger partial charge in [0.1, 0.15) is 0 Å². The number of aryl methyl sites for hydroxylation is 1. The summed E-state index contributed by atoms with van der Waals surface area (Å²) in [5.74, 6) is 0. The van der Waals surface area contributed by atoms with Gasteiger partial charge in [0.15, 0.2) is 5.11 Å². The molecule has 0 bridgehead atoms. The highest BCUT2D eigenvalue weighted by atomic mass is 32.1. The predicted octanol–water partition coefficient (Wildman–Crippen LogP) is 2.48. The van der Waals surface area contributed by atoms with Gasteiger partial charge in [0, 0.05) is 26.7 Å². The first-order chi connectivity index (χ1) is 9.15. The Morgan fingerprint density at radius 1 is 1.42 bits per heavy atom. The second-order valence-corrected chi connectivity index (χ2v) is 5.55.